The van der Waals surface area contributed by atoms with Gasteiger partial charge in [-0.1, -0.05) is 18.2 Å². The first-order valence-electron chi connectivity index (χ1n) is 6.17. The number of hydrogen-bond acceptors (Lipinski definition) is 5. The van der Waals surface area contributed by atoms with Crippen LogP contribution in [0, 0.1) is 0 Å². The Labute approximate surface area is 146 Å². The Bertz CT molecular complexity index is 899. The van der Waals surface area contributed by atoms with Gasteiger partial charge in [-0.2, -0.15) is 0 Å². The summed E-state index contributed by atoms with van der Waals surface area (Å²) in [5.41, 5.74) is 0. The molecule has 0 bridgehead atoms. The van der Waals surface area contributed by atoms with E-state index in [4.69, 9.17) is 15.8 Å². The highest BCUT2D eigenvalue weighted by atomic mass is 35.7. The molecule has 0 aliphatic rings. The van der Waals surface area contributed by atoms with Gasteiger partial charge in [0.15, 0.2) is 0 Å². The molecule has 0 saturated heterocycles. The highest BCUT2D eigenvalue weighted by Gasteiger charge is 2.31. The zero-order chi connectivity index (χ0) is 19.3. The van der Waals surface area contributed by atoms with Crippen molar-refractivity contribution in [1.82, 2.24) is 0 Å². The van der Waals surface area contributed by atoms with Gasteiger partial charge in [0.1, 0.15) is 5.75 Å². The molecule has 0 fully saturated rings. The van der Waals surface area contributed by atoms with E-state index in [2.05, 4.69) is 4.74 Å². The average molecular weight is 418 g/mol. The van der Waals surface area contributed by atoms with Gasteiger partial charge in [-0.25, -0.2) is 22.0 Å². The number of hydrogen-bond donors (Lipinski definition) is 1. The molecule has 0 aliphatic carbocycles. The molecule has 0 saturated carbocycles. The molecule has 2 aromatic carbocycles. The SMILES string of the molecule is NS(=O)(=O)c1ccccc1.O=S(=O)(Cl)c1ccc(OC(F)(F)F)cc1. The minimum atomic E-state index is -4.80. The summed E-state index contributed by atoms with van der Waals surface area (Å²) < 4.78 is 81.3. The molecule has 0 radical (unpaired) electrons. The maximum absolute atomic E-state index is 11.7. The van der Waals surface area contributed by atoms with Crippen LogP contribution in [-0.4, -0.2) is 23.2 Å². The van der Waals surface area contributed by atoms with Gasteiger partial charge in [-0.05, 0) is 36.4 Å². The van der Waals surface area contributed by atoms with Gasteiger partial charge in [-0.15, -0.1) is 13.2 Å². The van der Waals surface area contributed by atoms with Crippen LogP contribution in [0.3, 0.4) is 0 Å². The Hall–Kier alpha value is -1.82. The minimum absolute atomic E-state index is 0.148. The number of sulfonamides is 1. The molecule has 25 heavy (non-hydrogen) atoms. The van der Waals surface area contributed by atoms with E-state index in [0.29, 0.717) is 0 Å². The Morgan fingerprint density at radius 1 is 0.840 bits per heavy atom. The fourth-order valence-corrected chi connectivity index (χ4v) is 2.72. The number of halogens is 4. The molecule has 138 valence electrons. The summed E-state index contributed by atoms with van der Waals surface area (Å²) in [5, 5.41) is 4.83. The Kier molecular flexibility index (Phi) is 6.82. The van der Waals surface area contributed by atoms with Crippen molar-refractivity contribution in [2.45, 2.75) is 16.2 Å². The zero-order valence-electron chi connectivity index (χ0n) is 12.1. The third-order valence-electron chi connectivity index (χ3n) is 2.41. The monoisotopic (exact) mass is 417 g/mol. The van der Waals surface area contributed by atoms with Gasteiger partial charge in [0.05, 0.1) is 9.79 Å². The summed E-state index contributed by atoms with van der Waals surface area (Å²) in [6.07, 6.45) is -4.80. The largest absolute Gasteiger partial charge is 0.573 e. The smallest absolute Gasteiger partial charge is 0.406 e. The normalized spacial score (nSPS) is 12.0. The second-order valence-electron chi connectivity index (χ2n) is 4.32. The molecule has 0 aromatic heterocycles. The molecule has 6 nitrogen and oxygen atoms in total. The van der Waals surface area contributed by atoms with Crippen LogP contribution >= 0.6 is 10.7 Å². The Balaban J connectivity index is 0.000000271. The summed E-state index contributed by atoms with van der Waals surface area (Å²) >= 11 is 0. The molecule has 0 heterocycles. The molecule has 0 aliphatic heterocycles. The van der Waals surface area contributed by atoms with Crippen LogP contribution < -0.4 is 9.88 Å². The lowest BCUT2D eigenvalue weighted by atomic mass is 10.3. The molecule has 12 heteroatoms. The van der Waals surface area contributed by atoms with Gasteiger partial charge in [0.2, 0.25) is 10.0 Å². The van der Waals surface area contributed by atoms with Crippen LogP contribution in [0.2, 0.25) is 0 Å². The lowest BCUT2D eigenvalue weighted by Crippen LogP contribution is -2.17. The third kappa shape index (κ3) is 8.20. The molecule has 2 aromatic rings. The van der Waals surface area contributed by atoms with E-state index < -0.39 is 31.2 Å². The van der Waals surface area contributed by atoms with Gasteiger partial charge in [0, 0.05) is 10.7 Å². The molecular formula is C13H11ClF3NO5S2. The highest BCUT2D eigenvalue weighted by molar-refractivity contribution is 8.13. The summed E-state index contributed by atoms with van der Waals surface area (Å²) in [6, 6.07) is 11.5. The van der Waals surface area contributed by atoms with E-state index in [9.17, 15) is 30.0 Å². The Morgan fingerprint density at radius 3 is 1.64 bits per heavy atom. The van der Waals surface area contributed by atoms with Crippen molar-refractivity contribution in [3.63, 3.8) is 0 Å². The van der Waals surface area contributed by atoms with Crippen LogP contribution in [0.5, 0.6) is 5.75 Å². The van der Waals surface area contributed by atoms with Gasteiger partial charge in [-0.3, -0.25) is 0 Å². The topological polar surface area (TPSA) is 104 Å². The molecular weight excluding hydrogens is 407 g/mol. The van der Waals surface area contributed by atoms with Crippen molar-refractivity contribution < 1.29 is 34.7 Å². The first-order valence-corrected chi connectivity index (χ1v) is 10.0. The molecule has 2 N–H and O–H groups in total. The van der Waals surface area contributed by atoms with Crippen molar-refractivity contribution in [2.24, 2.45) is 5.14 Å². The van der Waals surface area contributed by atoms with Crippen molar-refractivity contribution in [1.29, 1.82) is 0 Å². The van der Waals surface area contributed by atoms with Crippen molar-refractivity contribution in [3.05, 3.63) is 54.6 Å². The fourth-order valence-electron chi connectivity index (χ4n) is 1.41. The molecule has 0 spiro atoms. The highest BCUT2D eigenvalue weighted by Crippen LogP contribution is 2.24. The van der Waals surface area contributed by atoms with Crippen molar-refractivity contribution >= 4 is 29.8 Å². The van der Waals surface area contributed by atoms with Gasteiger partial charge in [0.25, 0.3) is 9.05 Å². The maximum Gasteiger partial charge on any atom is 0.573 e. The van der Waals surface area contributed by atoms with Crippen LogP contribution in [0.25, 0.3) is 0 Å². The zero-order valence-corrected chi connectivity index (χ0v) is 14.5. The van der Waals surface area contributed by atoms with E-state index in [1.54, 1.807) is 18.2 Å². The van der Waals surface area contributed by atoms with Crippen molar-refractivity contribution in [2.75, 3.05) is 0 Å². The molecule has 0 amide bonds. The number of rotatable bonds is 3. The van der Waals surface area contributed by atoms with E-state index >= 15 is 0 Å². The van der Waals surface area contributed by atoms with E-state index in [1.807, 2.05) is 0 Å². The Morgan fingerprint density at radius 2 is 1.32 bits per heavy atom. The second kappa shape index (κ2) is 8.04. The quantitative estimate of drug-likeness (QED) is 0.773. The van der Waals surface area contributed by atoms with E-state index in [1.165, 1.54) is 12.1 Å². The molecule has 2 rings (SSSR count). The second-order valence-corrected chi connectivity index (χ2v) is 8.44. The predicted molar refractivity (Wildman–Crippen MR) is 84.0 cm³/mol. The summed E-state index contributed by atoms with van der Waals surface area (Å²) in [5.74, 6) is -0.508. The van der Waals surface area contributed by atoms with Crippen LogP contribution in [0.1, 0.15) is 0 Å². The van der Waals surface area contributed by atoms with E-state index in [-0.39, 0.29) is 9.79 Å². The summed E-state index contributed by atoms with van der Waals surface area (Å²) in [4.78, 5) is -0.145. The van der Waals surface area contributed by atoms with Crippen molar-refractivity contribution in [3.8, 4) is 5.75 Å². The third-order valence-corrected chi connectivity index (χ3v) is 4.71. The van der Waals surface area contributed by atoms with E-state index in [0.717, 1.165) is 24.3 Å². The minimum Gasteiger partial charge on any atom is -0.406 e. The van der Waals surface area contributed by atoms with Crippen LogP contribution in [0.15, 0.2) is 64.4 Å². The predicted octanol–water partition coefficient (Wildman–Crippen LogP) is 2.85. The number of alkyl halides is 3. The maximum atomic E-state index is 11.7. The van der Waals surface area contributed by atoms with Gasteiger partial charge >= 0.3 is 6.36 Å². The lowest BCUT2D eigenvalue weighted by molar-refractivity contribution is -0.274. The number of ether oxygens (including phenoxy) is 1. The fraction of sp³-hybridized carbons (Fsp3) is 0.0769. The summed E-state index contributed by atoms with van der Waals surface area (Å²) in [6.45, 7) is 0. The lowest BCUT2D eigenvalue weighted by Gasteiger charge is -2.08. The van der Waals surface area contributed by atoms with Crippen LogP contribution in [0.4, 0.5) is 13.2 Å². The van der Waals surface area contributed by atoms with Crippen LogP contribution in [-0.2, 0) is 19.1 Å². The standard InChI is InChI=1S/C7H4ClF3O3S.C6H7NO2S/c8-15(12,13)6-3-1-5(2-4-6)14-7(9,10)11;7-10(8,9)6-4-2-1-3-5-6/h1-4H;1-5H,(H2,7,8,9). The summed E-state index contributed by atoms with van der Waals surface area (Å²) in [7, 11) is -2.48. The first-order chi connectivity index (χ1) is 11.3. The number of nitrogens with two attached hydrogens (primary N) is 1. The average Bonchev–Trinajstić information content (AvgIpc) is 2.46. The number of benzene rings is 2. The van der Waals surface area contributed by atoms with Gasteiger partial charge < -0.3 is 4.74 Å². The molecule has 0 atom stereocenters. The first kappa shape index (κ1) is 21.2. The molecule has 0 unspecified atom stereocenters. The number of primary sulfonamides is 1.